The molecule has 0 aliphatic heterocycles. The van der Waals surface area contributed by atoms with Gasteiger partial charge in [0.15, 0.2) is 0 Å². The van der Waals surface area contributed by atoms with Gasteiger partial charge in [0.05, 0.1) is 18.8 Å². The number of aliphatic hydroxyl groups is 1. The van der Waals surface area contributed by atoms with E-state index >= 15 is 0 Å². The second-order valence-electron chi connectivity index (χ2n) is 4.26. The topological polar surface area (TPSA) is 38.7 Å². The Labute approximate surface area is 127 Å². The molecule has 0 fully saturated rings. The van der Waals surface area contributed by atoms with Crippen LogP contribution in [0.4, 0.5) is 0 Å². The van der Waals surface area contributed by atoms with Crippen LogP contribution in [0, 0.1) is 0 Å². The fourth-order valence-electron chi connectivity index (χ4n) is 1.92. The summed E-state index contributed by atoms with van der Waals surface area (Å²) >= 11 is 11.9. The summed E-state index contributed by atoms with van der Waals surface area (Å²) in [6.07, 6.45) is -0.726. The molecule has 2 aromatic rings. The maximum absolute atomic E-state index is 9.89. The summed E-state index contributed by atoms with van der Waals surface area (Å²) in [7, 11) is 1.54. The monoisotopic (exact) mass is 312 g/mol. The molecule has 2 rings (SSSR count). The molecule has 3 nitrogen and oxygen atoms in total. The predicted molar refractivity (Wildman–Crippen MR) is 80.2 cm³/mol. The van der Waals surface area contributed by atoms with Gasteiger partial charge in [0.25, 0.3) is 0 Å². The van der Waals surface area contributed by atoms with Crippen molar-refractivity contribution < 1.29 is 14.6 Å². The van der Waals surface area contributed by atoms with Crippen molar-refractivity contribution in [3.63, 3.8) is 0 Å². The highest BCUT2D eigenvalue weighted by Gasteiger charge is 2.16. The highest BCUT2D eigenvalue weighted by Crippen LogP contribution is 2.37. The minimum absolute atomic E-state index is 0.481. The molecular formula is C15H14Cl2O3. The van der Waals surface area contributed by atoms with Crippen molar-refractivity contribution in [1.29, 1.82) is 0 Å². The molecular weight excluding hydrogens is 299 g/mol. The molecule has 0 amide bonds. The van der Waals surface area contributed by atoms with Gasteiger partial charge in [-0.15, -0.1) is 0 Å². The molecule has 0 radical (unpaired) electrons. The van der Waals surface area contributed by atoms with Crippen molar-refractivity contribution >= 4 is 23.2 Å². The number of halogens is 2. The fraction of sp³-hybridized carbons (Fsp3) is 0.200. The summed E-state index contributed by atoms with van der Waals surface area (Å²) in [6, 6.07) is 10.2. The Morgan fingerprint density at radius 2 is 1.65 bits per heavy atom. The molecule has 1 atom stereocenters. The van der Waals surface area contributed by atoms with Crippen molar-refractivity contribution in [2.45, 2.75) is 13.0 Å². The average Bonchev–Trinajstić information content (AvgIpc) is 2.36. The normalized spacial score (nSPS) is 12.1. The van der Waals surface area contributed by atoms with E-state index in [0.29, 0.717) is 32.9 Å². The number of ether oxygens (including phenoxy) is 2. The lowest BCUT2D eigenvalue weighted by molar-refractivity contribution is 0.190. The molecule has 0 saturated carbocycles. The van der Waals surface area contributed by atoms with Gasteiger partial charge < -0.3 is 14.6 Å². The van der Waals surface area contributed by atoms with Gasteiger partial charge in [0.2, 0.25) is 0 Å². The summed E-state index contributed by atoms with van der Waals surface area (Å²) in [4.78, 5) is 0. The highest BCUT2D eigenvalue weighted by atomic mass is 35.5. The Morgan fingerprint density at radius 1 is 1.05 bits per heavy atom. The average molecular weight is 313 g/mol. The summed E-state index contributed by atoms with van der Waals surface area (Å²) in [6.45, 7) is 1.65. The maximum atomic E-state index is 9.89. The van der Waals surface area contributed by atoms with E-state index in [9.17, 15) is 5.11 Å². The minimum atomic E-state index is -0.726. The van der Waals surface area contributed by atoms with Gasteiger partial charge in [0.1, 0.15) is 17.2 Å². The van der Waals surface area contributed by atoms with Crippen LogP contribution in [-0.2, 0) is 0 Å². The number of hydrogen-bond acceptors (Lipinski definition) is 3. The van der Waals surface area contributed by atoms with E-state index < -0.39 is 6.10 Å². The summed E-state index contributed by atoms with van der Waals surface area (Å²) in [5.41, 5.74) is 0.575. The van der Waals surface area contributed by atoms with Crippen LogP contribution in [0.1, 0.15) is 18.6 Å². The van der Waals surface area contributed by atoms with E-state index in [1.54, 1.807) is 50.4 Å². The Balaban J connectivity index is 2.42. The highest BCUT2D eigenvalue weighted by molar-refractivity contribution is 6.34. The third kappa shape index (κ3) is 3.37. The molecule has 0 aliphatic carbocycles. The molecule has 0 aliphatic rings. The first kappa shape index (κ1) is 15.0. The SMILES string of the molecule is COc1cccc(Oc2cc(Cl)cc(Cl)c2)c1C(C)O. The van der Waals surface area contributed by atoms with Crippen LogP contribution in [0.3, 0.4) is 0 Å². The first-order valence-corrected chi connectivity index (χ1v) is 6.75. The van der Waals surface area contributed by atoms with Crippen LogP contribution in [-0.4, -0.2) is 12.2 Å². The Morgan fingerprint density at radius 3 is 2.20 bits per heavy atom. The zero-order valence-corrected chi connectivity index (χ0v) is 12.6. The molecule has 1 unspecified atom stereocenters. The standard InChI is InChI=1S/C15H14Cl2O3/c1-9(18)15-13(19-2)4-3-5-14(15)20-12-7-10(16)6-11(17)8-12/h3-9,18H,1-2H3. The van der Waals surface area contributed by atoms with Crippen molar-refractivity contribution in [2.75, 3.05) is 7.11 Å². The third-order valence-corrected chi connectivity index (χ3v) is 3.16. The lowest BCUT2D eigenvalue weighted by Gasteiger charge is -2.16. The fourth-order valence-corrected chi connectivity index (χ4v) is 2.42. The summed E-state index contributed by atoms with van der Waals surface area (Å²) < 4.78 is 11.0. The van der Waals surface area contributed by atoms with Gasteiger partial charge in [-0.3, -0.25) is 0 Å². The van der Waals surface area contributed by atoms with Crippen LogP contribution in [0.2, 0.25) is 10.0 Å². The molecule has 0 bridgehead atoms. The first-order chi connectivity index (χ1) is 9.51. The van der Waals surface area contributed by atoms with Gasteiger partial charge >= 0.3 is 0 Å². The van der Waals surface area contributed by atoms with E-state index in [1.165, 1.54) is 0 Å². The van der Waals surface area contributed by atoms with Crippen molar-refractivity contribution in [3.8, 4) is 17.2 Å². The van der Waals surface area contributed by atoms with Gasteiger partial charge in [-0.05, 0) is 37.3 Å². The second kappa shape index (κ2) is 6.35. The van der Waals surface area contributed by atoms with Crippen LogP contribution >= 0.6 is 23.2 Å². The quantitative estimate of drug-likeness (QED) is 0.877. The lowest BCUT2D eigenvalue weighted by Crippen LogP contribution is -2.00. The summed E-state index contributed by atoms with van der Waals surface area (Å²) in [5.74, 6) is 1.56. The molecule has 0 aromatic heterocycles. The van der Waals surface area contributed by atoms with Crippen LogP contribution in [0.25, 0.3) is 0 Å². The van der Waals surface area contributed by atoms with Crippen LogP contribution in [0.15, 0.2) is 36.4 Å². The van der Waals surface area contributed by atoms with E-state index in [4.69, 9.17) is 32.7 Å². The van der Waals surface area contributed by atoms with Gasteiger partial charge in [-0.2, -0.15) is 0 Å². The van der Waals surface area contributed by atoms with Gasteiger partial charge in [0, 0.05) is 10.0 Å². The van der Waals surface area contributed by atoms with E-state index in [0.717, 1.165) is 0 Å². The lowest BCUT2D eigenvalue weighted by atomic mass is 10.1. The molecule has 2 aromatic carbocycles. The zero-order valence-electron chi connectivity index (χ0n) is 11.1. The molecule has 0 saturated heterocycles. The maximum Gasteiger partial charge on any atom is 0.136 e. The Kier molecular flexibility index (Phi) is 4.76. The molecule has 20 heavy (non-hydrogen) atoms. The van der Waals surface area contributed by atoms with E-state index in [2.05, 4.69) is 0 Å². The minimum Gasteiger partial charge on any atom is -0.496 e. The van der Waals surface area contributed by atoms with Crippen molar-refractivity contribution in [3.05, 3.63) is 52.0 Å². The summed E-state index contributed by atoms with van der Waals surface area (Å²) in [5, 5.41) is 10.9. The van der Waals surface area contributed by atoms with Crippen LogP contribution < -0.4 is 9.47 Å². The van der Waals surface area contributed by atoms with E-state index in [-0.39, 0.29) is 0 Å². The molecule has 0 heterocycles. The Bertz CT molecular complexity index is 592. The zero-order chi connectivity index (χ0) is 14.7. The molecule has 5 heteroatoms. The first-order valence-electron chi connectivity index (χ1n) is 6.00. The van der Waals surface area contributed by atoms with Gasteiger partial charge in [-0.1, -0.05) is 29.3 Å². The van der Waals surface area contributed by atoms with Crippen molar-refractivity contribution in [1.82, 2.24) is 0 Å². The number of methoxy groups -OCH3 is 1. The smallest absolute Gasteiger partial charge is 0.136 e. The van der Waals surface area contributed by atoms with Gasteiger partial charge in [-0.25, -0.2) is 0 Å². The number of benzene rings is 2. The number of rotatable bonds is 4. The predicted octanol–water partition coefficient (Wildman–Crippen LogP) is 4.85. The van der Waals surface area contributed by atoms with Crippen LogP contribution in [0.5, 0.6) is 17.2 Å². The Hall–Kier alpha value is -1.42. The molecule has 0 spiro atoms. The van der Waals surface area contributed by atoms with Crippen molar-refractivity contribution in [2.24, 2.45) is 0 Å². The molecule has 1 N–H and O–H groups in total. The van der Waals surface area contributed by atoms with E-state index in [1.807, 2.05) is 0 Å². The number of hydrogen-bond donors (Lipinski definition) is 1. The second-order valence-corrected chi connectivity index (χ2v) is 5.13. The number of aliphatic hydroxyl groups excluding tert-OH is 1. The molecule has 106 valence electrons. The third-order valence-electron chi connectivity index (χ3n) is 2.73. The largest absolute Gasteiger partial charge is 0.496 e.